The number of guanidine groups is 1. The molecule has 0 aliphatic rings. The monoisotopic (exact) mass is 238 g/mol. The lowest BCUT2D eigenvalue weighted by Crippen LogP contribution is -2.36. The third-order valence-electron chi connectivity index (χ3n) is 2.04. The minimum Gasteiger partial charge on any atom is -0.370 e. The molecule has 0 saturated carbocycles. The Balaban J connectivity index is 2.61. The molecule has 1 aromatic heterocycles. The summed E-state index contributed by atoms with van der Waals surface area (Å²) in [6.07, 6.45) is 0. The first-order valence-electron chi connectivity index (χ1n) is 5.77. The number of rotatable bonds is 3. The van der Waals surface area contributed by atoms with Crippen molar-refractivity contribution >= 4 is 5.96 Å². The van der Waals surface area contributed by atoms with Gasteiger partial charge in [-0.15, -0.1) is 0 Å². The highest BCUT2D eigenvalue weighted by atomic mass is 15.2. The zero-order valence-corrected chi connectivity index (χ0v) is 11.2. The third kappa shape index (κ3) is 4.42. The van der Waals surface area contributed by atoms with Crippen molar-refractivity contribution < 1.29 is 0 Å². The lowest BCUT2D eigenvalue weighted by Gasteiger charge is -2.11. The summed E-state index contributed by atoms with van der Waals surface area (Å²) in [5.41, 5.74) is 5.64. The summed E-state index contributed by atoms with van der Waals surface area (Å²) in [5, 5.41) is 10.0. The summed E-state index contributed by atoms with van der Waals surface area (Å²) >= 11 is 0. The molecule has 0 unspecified atom stereocenters. The largest absolute Gasteiger partial charge is 0.370 e. The van der Waals surface area contributed by atoms with Gasteiger partial charge in [-0.25, -0.2) is 9.98 Å². The van der Waals surface area contributed by atoms with Crippen molar-refractivity contribution in [2.24, 2.45) is 10.7 Å². The Morgan fingerprint density at radius 2 is 2.12 bits per heavy atom. The van der Waals surface area contributed by atoms with Crippen LogP contribution in [0.15, 0.2) is 4.99 Å². The van der Waals surface area contributed by atoms with E-state index in [9.17, 15) is 0 Å². The third-order valence-corrected chi connectivity index (χ3v) is 2.04. The second-order valence-corrected chi connectivity index (χ2v) is 5.36. The van der Waals surface area contributed by atoms with Crippen LogP contribution >= 0.6 is 0 Å². The van der Waals surface area contributed by atoms with E-state index < -0.39 is 0 Å². The van der Waals surface area contributed by atoms with Gasteiger partial charge in [0, 0.05) is 11.5 Å². The van der Waals surface area contributed by atoms with E-state index in [1.54, 1.807) is 0 Å². The van der Waals surface area contributed by atoms with Crippen LogP contribution in [0.2, 0.25) is 0 Å². The van der Waals surface area contributed by atoms with E-state index in [1.165, 1.54) is 0 Å². The Morgan fingerprint density at radius 3 is 2.59 bits per heavy atom. The summed E-state index contributed by atoms with van der Waals surface area (Å²) in [6.45, 7) is 10.6. The van der Waals surface area contributed by atoms with Crippen molar-refractivity contribution in [2.45, 2.75) is 52.6 Å². The molecule has 6 heteroatoms. The van der Waals surface area contributed by atoms with Gasteiger partial charge in [0.25, 0.3) is 0 Å². The van der Waals surface area contributed by atoms with E-state index in [4.69, 9.17) is 5.73 Å². The zero-order valence-electron chi connectivity index (χ0n) is 11.2. The molecule has 0 aliphatic heterocycles. The topological polar surface area (TPSA) is 92.0 Å². The number of aromatic amines is 1. The minimum atomic E-state index is -0.0554. The Labute approximate surface area is 102 Å². The lowest BCUT2D eigenvalue weighted by atomic mass is 9.96. The molecule has 0 bridgehead atoms. The molecule has 1 aromatic rings. The van der Waals surface area contributed by atoms with Crippen LogP contribution in [-0.2, 0) is 12.0 Å². The second-order valence-electron chi connectivity index (χ2n) is 5.36. The van der Waals surface area contributed by atoms with Crippen LogP contribution < -0.4 is 11.1 Å². The maximum Gasteiger partial charge on any atom is 0.189 e. The molecule has 0 atom stereocenters. The Bertz CT molecular complexity index is 385. The fraction of sp³-hybridized carbons (Fsp3) is 0.727. The highest BCUT2D eigenvalue weighted by Gasteiger charge is 2.18. The zero-order chi connectivity index (χ0) is 13.1. The molecule has 0 aliphatic carbocycles. The lowest BCUT2D eigenvalue weighted by molar-refractivity contribution is 0.547. The average Bonchev–Trinajstić information content (AvgIpc) is 2.61. The van der Waals surface area contributed by atoms with Gasteiger partial charge in [-0.05, 0) is 13.8 Å². The summed E-state index contributed by atoms with van der Waals surface area (Å²) in [6, 6.07) is 0.276. The van der Waals surface area contributed by atoms with Gasteiger partial charge in [0.2, 0.25) is 0 Å². The molecule has 96 valence electrons. The molecule has 0 fully saturated rings. The van der Waals surface area contributed by atoms with Crippen molar-refractivity contribution in [3.8, 4) is 0 Å². The molecule has 17 heavy (non-hydrogen) atoms. The molecule has 1 heterocycles. The fourth-order valence-corrected chi connectivity index (χ4v) is 1.20. The smallest absolute Gasteiger partial charge is 0.189 e. The van der Waals surface area contributed by atoms with Crippen LogP contribution in [0.25, 0.3) is 0 Å². The van der Waals surface area contributed by atoms with Gasteiger partial charge in [-0.3, -0.25) is 5.10 Å². The standard InChI is InChI=1S/C11H22N6/c1-7(2)14-10(12)13-6-8-15-9(17-16-8)11(3,4)5/h7H,6H2,1-5H3,(H3,12,13,14)(H,15,16,17). The van der Waals surface area contributed by atoms with Crippen LogP contribution in [-0.4, -0.2) is 27.2 Å². The van der Waals surface area contributed by atoms with Crippen LogP contribution in [0.5, 0.6) is 0 Å². The molecule has 0 aromatic carbocycles. The number of nitrogens with zero attached hydrogens (tertiary/aromatic N) is 3. The van der Waals surface area contributed by atoms with E-state index in [1.807, 2.05) is 13.8 Å². The summed E-state index contributed by atoms with van der Waals surface area (Å²) in [5.74, 6) is 1.94. The maximum atomic E-state index is 5.69. The first kappa shape index (κ1) is 13.5. The number of hydrogen-bond acceptors (Lipinski definition) is 3. The first-order chi connectivity index (χ1) is 7.79. The van der Waals surface area contributed by atoms with Crippen molar-refractivity contribution in [3.05, 3.63) is 11.6 Å². The van der Waals surface area contributed by atoms with Gasteiger partial charge in [-0.1, -0.05) is 20.8 Å². The maximum absolute atomic E-state index is 5.69. The van der Waals surface area contributed by atoms with Crippen molar-refractivity contribution in [1.29, 1.82) is 0 Å². The molecule has 0 amide bonds. The molecule has 6 nitrogen and oxygen atoms in total. The van der Waals surface area contributed by atoms with Crippen LogP contribution in [0.1, 0.15) is 46.3 Å². The van der Waals surface area contributed by atoms with Gasteiger partial charge >= 0.3 is 0 Å². The van der Waals surface area contributed by atoms with E-state index in [-0.39, 0.29) is 11.5 Å². The van der Waals surface area contributed by atoms with Crippen molar-refractivity contribution in [2.75, 3.05) is 0 Å². The van der Waals surface area contributed by atoms with Crippen LogP contribution in [0.3, 0.4) is 0 Å². The first-order valence-corrected chi connectivity index (χ1v) is 5.77. The quantitative estimate of drug-likeness (QED) is 0.539. The number of nitrogens with one attached hydrogen (secondary N) is 2. The van der Waals surface area contributed by atoms with Gasteiger partial charge in [0.15, 0.2) is 11.8 Å². The average molecular weight is 238 g/mol. The van der Waals surface area contributed by atoms with Crippen molar-refractivity contribution in [3.63, 3.8) is 0 Å². The van der Waals surface area contributed by atoms with E-state index in [2.05, 4.69) is 46.3 Å². The van der Waals surface area contributed by atoms with Gasteiger partial charge < -0.3 is 11.1 Å². The van der Waals surface area contributed by atoms with Crippen molar-refractivity contribution in [1.82, 2.24) is 20.5 Å². The molecular formula is C11H22N6. The van der Waals surface area contributed by atoms with Crippen LogP contribution in [0, 0.1) is 0 Å². The Kier molecular flexibility index (Phi) is 4.09. The molecular weight excluding hydrogens is 216 g/mol. The number of aromatic nitrogens is 3. The number of H-pyrrole nitrogens is 1. The van der Waals surface area contributed by atoms with Crippen LogP contribution in [0.4, 0.5) is 0 Å². The number of hydrogen-bond donors (Lipinski definition) is 3. The molecule has 4 N–H and O–H groups in total. The fourth-order valence-electron chi connectivity index (χ4n) is 1.20. The van der Waals surface area contributed by atoms with Gasteiger partial charge in [0.05, 0.1) is 0 Å². The van der Waals surface area contributed by atoms with E-state index in [0.717, 1.165) is 11.6 Å². The van der Waals surface area contributed by atoms with Gasteiger partial charge in [0.1, 0.15) is 12.4 Å². The number of aliphatic imine (C=N–C) groups is 1. The van der Waals surface area contributed by atoms with E-state index in [0.29, 0.717) is 12.5 Å². The highest BCUT2D eigenvalue weighted by molar-refractivity contribution is 5.77. The predicted molar refractivity (Wildman–Crippen MR) is 68.7 cm³/mol. The molecule has 0 saturated heterocycles. The summed E-state index contributed by atoms with van der Waals surface area (Å²) in [7, 11) is 0. The number of nitrogens with two attached hydrogens (primary N) is 1. The summed E-state index contributed by atoms with van der Waals surface area (Å²) in [4.78, 5) is 8.56. The Morgan fingerprint density at radius 1 is 1.47 bits per heavy atom. The van der Waals surface area contributed by atoms with E-state index >= 15 is 0 Å². The predicted octanol–water partition coefficient (Wildman–Crippen LogP) is 0.915. The SMILES string of the molecule is CC(C)NC(N)=NCc1nc(C(C)(C)C)n[nH]1. The summed E-state index contributed by atoms with van der Waals surface area (Å²) < 4.78 is 0. The normalized spacial score (nSPS) is 13.2. The minimum absolute atomic E-state index is 0.0554. The molecule has 0 radical (unpaired) electrons. The van der Waals surface area contributed by atoms with Gasteiger partial charge in [-0.2, -0.15) is 5.10 Å². The molecule has 1 rings (SSSR count). The molecule has 0 spiro atoms. The Hall–Kier alpha value is -1.59. The second kappa shape index (κ2) is 5.16. The highest BCUT2D eigenvalue weighted by Crippen LogP contribution is 2.17.